The van der Waals surface area contributed by atoms with Crippen molar-refractivity contribution in [1.82, 2.24) is 0 Å². The van der Waals surface area contributed by atoms with E-state index in [4.69, 9.17) is 14.2 Å². The largest absolute Gasteiger partial charge is 0.515 e. The van der Waals surface area contributed by atoms with E-state index in [1.807, 2.05) is 0 Å². The third-order valence-corrected chi connectivity index (χ3v) is 2.32. The lowest BCUT2D eigenvalue weighted by molar-refractivity contribution is -0.136. The van der Waals surface area contributed by atoms with E-state index in [1.54, 1.807) is 25.1 Å². The molecule has 1 rings (SSSR count). The molecule has 5 nitrogen and oxygen atoms in total. The fourth-order valence-electron chi connectivity index (χ4n) is 1.46. The lowest BCUT2D eigenvalue weighted by atomic mass is 10.1. The van der Waals surface area contributed by atoms with Crippen LogP contribution < -0.4 is 9.47 Å². The first kappa shape index (κ1) is 13.9. The first-order chi connectivity index (χ1) is 8.67. The number of carbonyl (C=O) groups excluding carboxylic acids is 1. The number of esters is 1. The Bertz CT molecular complexity index is 451. The summed E-state index contributed by atoms with van der Waals surface area (Å²) < 4.78 is 15.1. The lowest BCUT2D eigenvalue weighted by Crippen LogP contribution is -2.08. The van der Waals surface area contributed by atoms with Gasteiger partial charge in [0.2, 0.25) is 0 Å². The molecule has 0 aliphatic carbocycles. The predicted molar refractivity (Wildman–Crippen MR) is 66.8 cm³/mol. The second kappa shape index (κ2) is 6.54. The molecule has 5 heteroatoms. The zero-order valence-corrected chi connectivity index (χ0v) is 10.6. The number of aliphatic hydroxyl groups is 1. The van der Waals surface area contributed by atoms with E-state index < -0.39 is 5.97 Å². The average molecular weight is 252 g/mol. The highest BCUT2D eigenvalue weighted by Crippen LogP contribution is 2.30. The minimum Gasteiger partial charge on any atom is -0.515 e. The van der Waals surface area contributed by atoms with Crippen LogP contribution in [0.2, 0.25) is 0 Å². The van der Waals surface area contributed by atoms with Gasteiger partial charge in [-0.1, -0.05) is 0 Å². The normalized spacial score (nSPS) is 10.9. The van der Waals surface area contributed by atoms with Gasteiger partial charge in [0.15, 0.2) is 0 Å². The molecule has 0 atom stereocenters. The van der Waals surface area contributed by atoms with Crippen LogP contribution in [0.5, 0.6) is 11.5 Å². The van der Waals surface area contributed by atoms with E-state index in [0.29, 0.717) is 23.3 Å². The fraction of sp³-hybridized carbons (Fsp3) is 0.308. The number of hydrogen-bond acceptors (Lipinski definition) is 5. The van der Waals surface area contributed by atoms with Crippen LogP contribution >= 0.6 is 0 Å². The molecule has 1 N–H and O–H groups in total. The Morgan fingerprint density at radius 1 is 1.33 bits per heavy atom. The van der Waals surface area contributed by atoms with Crippen molar-refractivity contribution in [2.75, 3.05) is 20.8 Å². The van der Waals surface area contributed by atoms with Crippen LogP contribution in [0.4, 0.5) is 0 Å². The summed E-state index contributed by atoms with van der Waals surface area (Å²) in [5, 5.41) is 9.17. The number of hydrogen-bond donors (Lipinski definition) is 1. The molecular weight excluding hydrogens is 236 g/mol. The predicted octanol–water partition coefficient (Wildman–Crippen LogP) is 2.17. The van der Waals surface area contributed by atoms with Crippen molar-refractivity contribution in [1.29, 1.82) is 0 Å². The molecule has 0 heterocycles. The molecule has 0 fully saturated rings. The highest BCUT2D eigenvalue weighted by molar-refractivity contribution is 6.17. The zero-order valence-electron chi connectivity index (χ0n) is 10.6. The maximum atomic E-state index is 11.7. The van der Waals surface area contributed by atoms with Crippen LogP contribution in [0.1, 0.15) is 12.5 Å². The molecule has 0 aliphatic rings. The quantitative estimate of drug-likeness (QED) is 0.494. The van der Waals surface area contributed by atoms with Crippen molar-refractivity contribution in [3.63, 3.8) is 0 Å². The van der Waals surface area contributed by atoms with Crippen molar-refractivity contribution < 1.29 is 24.1 Å². The standard InChI is InChI=1S/C13H16O5/c1-4-18-13(15)11(8-14)10-6-5-9(16-2)7-12(10)17-3/h5-8,14H,4H2,1-3H3. The maximum absolute atomic E-state index is 11.7. The topological polar surface area (TPSA) is 65.0 Å². The van der Waals surface area contributed by atoms with Gasteiger partial charge >= 0.3 is 5.97 Å². The summed E-state index contributed by atoms with van der Waals surface area (Å²) in [6.07, 6.45) is 0.711. The third kappa shape index (κ3) is 2.94. The van der Waals surface area contributed by atoms with Gasteiger partial charge in [0.25, 0.3) is 0 Å². The van der Waals surface area contributed by atoms with E-state index in [2.05, 4.69) is 0 Å². The summed E-state index contributed by atoms with van der Waals surface area (Å²) in [7, 11) is 3.00. The molecule has 98 valence electrons. The van der Waals surface area contributed by atoms with Gasteiger partial charge < -0.3 is 19.3 Å². The van der Waals surface area contributed by atoms with Crippen molar-refractivity contribution in [2.24, 2.45) is 0 Å². The molecule has 0 aromatic heterocycles. The highest BCUT2D eigenvalue weighted by Gasteiger charge is 2.18. The zero-order chi connectivity index (χ0) is 13.5. The Morgan fingerprint density at radius 3 is 2.56 bits per heavy atom. The molecule has 0 spiro atoms. The minimum absolute atomic E-state index is 0.0383. The molecule has 18 heavy (non-hydrogen) atoms. The Morgan fingerprint density at radius 2 is 2.06 bits per heavy atom. The smallest absolute Gasteiger partial charge is 0.342 e. The van der Waals surface area contributed by atoms with Gasteiger partial charge in [0.05, 0.1) is 27.1 Å². The third-order valence-electron chi connectivity index (χ3n) is 2.32. The van der Waals surface area contributed by atoms with Crippen LogP contribution in [-0.4, -0.2) is 31.9 Å². The Labute approximate surface area is 106 Å². The number of ether oxygens (including phenoxy) is 3. The molecule has 0 saturated carbocycles. The van der Waals surface area contributed by atoms with Crippen molar-refractivity contribution in [3.8, 4) is 11.5 Å². The van der Waals surface area contributed by atoms with Gasteiger partial charge in [-0.15, -0.1) is 0 Å². The molecule has 1 aromatic carbocycles. The van der Waals surface area contributed by atoms with Gasteiger partial charge in [-0.25, -0.2) is 4.79 Å². The monoisotopic (exact) mass is 252 g/mol. The van der Waals surface area contributed by atoms with Crippen LogP contribution in [0, 0.1) is 0 Å². The van der Waals surface area contributed by atoms with E-state index in [-0.39, 0.29) is 12.2 Å². The Kier molecular flexibility index (Phi) is 5.05. The number of methoxy groups -OCH3 is 2. The van der Waals surface area contributed by atoms with E-state index in [9.17, 15) is 9.90 Å². The molecule has 0 aliphatic heterocycles. The number of benzene rings is 1. The summed E-state index contributed by atoms with van der Waals surface area (Å²) >= 11 is 0. The van der Waals surface area contributed by atoms with Gasteiger partial charge in [-0.05, 0) is 19.1 Å². The van der Waals surface area contributed by atoms with Crippen LogP contribution in [0.15, 0.2) is 24.5 Å². The van der Waals surface area contributed by atoms with Gasteiger partial charge in [0, 0.05) is 11.6 Å². The first-order valence-corrected chi connectivity index (χ1v) is 5.41. The molecule has 0 unspecified atom stereocenters. The molecule has 0 saturated heterocycles. The summed E-state index contributed by atoms with van der Waals surface area (Å²) in [5.74, 6) is 0.405. The molecule has 1 aromatic rings. The fourth-order valence-corrected chi connectivity index (χ4v) is 1.46. The summed E-state index contributed by atoms with van der Waals surface area (Å²) in [6.45, 7) is 1.92. The summed E-state index contributed by atoms with van der Waals surface area (Å²) in [4.78, 5) is 11.7. The van der Waals surface area contributed by atoms with E-state index in [1.165, 1.54) is 14.2 Å². The Hall–Kier alpha value is -2.17. The molecule has 0 amide bonds. The van der Waals surface area contributed by atoms with Gasteiger partial charge in [-0.2, -0.15) is 0 Å². The van der Waals surface area contributed by atoms with Crippen LogP contribution in [0.25, 0.3) is 5.57 Å². The van der Waals surface area contributed by atoms with Crippen molar-refractivity contribution >= 4 is 11.5 Å². The second-order valence-electron chi connectivity index (χ2n) is 3.33. The SMILES string of the molecule is CCOC(=O)C(=CO)c1ccc(OC)cc1OC. The van der Waals surface area contributed by atoms with Crippen LogP contribution in [-0.2, 0) is 9.53 Å². The Balaban J connectivity index is 3.18. The van der Waals surface area contributed by atoms with E-state index >= 15 is 0 Å². The molecule has 0 radical (unpaired) electrons. The summed E-state index contributed by atoms with van der Waals surface area (Å²) in [5.41, 5.74) is 0.482. The van der Waals surface area contributed by atoms with Gasteiger partial charge in [-0.3, -0.25) is 0 Å². The maximum Gasteiger partial charge on any atom is 0.342 e. The van der Waals surface area contributed by atoms with E-state index in [0.717, 1.165) is 0 Å². The number of carbonyl (C=O) groups is 1. The van der Waals surface area contributed by atoms with Crippen LogP contribution in [0.3, 0.4) is 0 Å². The minimum atomic E-state index is -0.608. The number of aliphatic hydroxyl groups excluding tert-OH is 1. The molecule has 0 bridgehead atoms. The highest BCUT2D eigenvalue weighted by atomic mass is 16.5. The molecular formula is C13H16O5. The summed E-state index contributed by atoms with van der Waals surface area (Å²) in [6, 6.07) is 4.91. The number of rotatable bonds is 5. The van der Waals surface area contributed by atoms with Gasteiger partial charge in [0.1, 0.15) is 17.1 Å². The van der Waals surface area contributed by atoms with Crippen molar-refractivity contribution in [3.05, 3.63) is 30.0 Å². The van der Waals surface area contributed by atoms with Crippen molar-refractivity contribution in [2.45, 2.75) is 6.92 Å². The average Bonchev–Trinajstić information content (AvgIpc) is 2.40. The lowest BCUT2D eigenvalue weighted by Gasteiger charge is -2.11. The second-order valence-corrected chi connectivity index (χ2v) is 3.33. The first-order valence-electron chi connectivity index (χ1n) is 5.41.